The third kappa shape index (κ3) is 7.62. The van der Waals surface area contributed by atoms with Crippen molar-refractivity contribution in [1.82, 2.24) is 15.5 Å². The van der Waals surface area contributed by atoms with E-state index in [9.17, 15) is 14.7 Å². The van der Waals surface area contributed by atoms with E-state index >= 15 is 0 Å². The lowest BCUT2D eigenvalue weighted by molar-refractivity contribution is -0.118. The molecule has 196 valence electrons. The number of nitrogens with zero attached hydrogens (tertiary/aromatic N) is 2. The topological polar surface area (TPSA) is 147 Å². The summed E-state index contributed by atoms with van der Waals surface area (Å²) >= 11 is 0. The number of ether oxygens (including phenoxy) is 3. The molecule has 4 N–H and O–H groups in total. The molecule has 0 radical (unpaired) electrons. The third-order valence-electron chi connectivity index (χ3n) is 5.67. The van der Waals surface area contributed by atoms with Gasteiger partial charge >= 0.3 is 6.09 Å². The van der Waals surface area contributed by atoms with Crippen LogP contribution in [0, 0.1) is 0 Å². The largest absolute Gasteiger partial charge is 0.507 e. The van der Waals surface area contributed by atoms with E-state index in [4.69, 9.17) is 14.2 Å². The molecule has 1 saturated carbocycles. The average molecular weight is 502 g/mol. The van der Waals surface area contributed by atoms with Crippen LogP contribution in [0.5, 0.6) is 17.2 Å². The van der Waals surface area contributed by atoms with Crippen molar-refractivity contribution in [2.45, 2.75) is 64.5 Å². The van der Waals surface area contributed by atoms with E-state index in [0.717, 1.165) is 25.0 Å². The van der Waals surface area contributed by atoms with Crippen molar-refractivity contribution >= 4 is 24.0 Å². The molecule has 2 amide bonds. The van der Waals surface area contributed by atoms with Crippen LogP contribution >= 0.6 is 0 Å². The number of H-pyrrole nitrogens is 1. The van der Waals surface area contributed by atoms with Crippen LogP contribution in [0.15, 0.2) is 23.2 Å². The molecule has 1 heterocycles. The summed E-state index contributed by atoms with van der Waals surface area (Å²) in [7, 11) is 1.47. The van der Waals surface area contributed by atoms with E-state index in [-0.39, 0.29) is 42.3 Å². The number of hydrogen-bond acceptors (Lipinski definition) is 8. The van der Waals surface area contributed by atoms with Crippen LogP contribution in [0.2, 0.25) is 0 Å². The standard InChI is InChI=1S/C25H35N5O6/c1-5-8-26-25(33)36-17-7-6-16(9-17)20-12-23(30-29-20)28-24(32)14-35-22-11-18(34-4)10-21(31)19(22)13-27-15(2)3/h10-13,15-17,31H,5-9,14H2,1-4H3,(H,26,33)(H2,28,29,30,32)/t16?,17-/m1/s1. The fraction of sp³-hybridized carbons (Fsp3) is 0.520. The summed E-state index contributed by atoms with van der Waals surface area (Å²) in [6.07, 6.45) is 4.15. The molecule has 3 rings (SSSR count). The van der Waals surface area contributed by atoms with Crippen molar-refractivity contribution in [1.29, 1.82) is 0 Å². The number of carbonyl (C=O) groups excluding carboxylic acids is 2. The third-order valence-corrected chi connectivity index (χ3v) is 5.67. The van der Waals surface area contributed by atoms with Gasteiger partial charge in [0.25, 0.3) is 5.91 Å². The molecule has 1 aliphatic carbocycles. The number of phenols is 1. The maximum atomic E-state index is 12.5. The van der Waals surface area contributed by atoms with Crippen LogP contribution in [0.4, 0.5) is 10.6 Å². The molecule has 2 atom stereocenters. The van der Waals surface area contributed by atoms with Crippen LogP contribution in [-0.2, 0) is 9.53 Å². The minimum atomic E-state index is -0.415. The summed E-state index contributed by atoms with van der Waals surface area (Å²) in [4.78, 5) is 28.6. The second-order valence-electron chi connectivity index (χ2n) is 8.94. The average Bonchev–Trinajstić information content (AvgIpc) is 3.49. The van der Waals surface area contributed by atoms with Gasteiger partial charge in [-0.3, -0.25) is 14.9 Å². The lowest BCUT2D eigenvalue weighted by Gasteiger charge is -2.13. The molecule has 11 heteroatoms. The maximum absolute atomic E-state index is 12.5. The van der Waals surface area contributed by atoms with Gasteiger partial charge in [0.1, 0.15) is 23.4 Å². The summed E-state index contributed by atoms with van der Waals surface area (Å²) in [6, 6.07) is 4.84. The van der Waals surface area contributed by atoms with Gasteiger partial charge in [-0.25, -0.2) is 4.79 Å². The molecule has 0 bridgehead atoms. The number of methoxy groups -OCH3 is 1. The van der Waals surface area contributed by atoms with Gasteiger partial charge in [-0.1, -0.05) is 6.92 Å². The zero-order valence-electron chi connectivity index (χ0n) is 21.2. The summed E-state index contributed by atoms with van der Waals surface area (Å²) in [5, 5.41) is 22.9. The number of aromatic nitrogens is 2. The SMILES string of the molecule is CCCNC(=O)O[C@@H]1CCC(c2cc(NC(=O)COc3cc(OC)cc(O)c3C=NC(C)C)n[nH]2)C1. The monoisotopic (exact) mass is 501 g/mol. The number of phenolic OH excluding ortho intramolecular Hbond substituents is 1. The second kappa shape index (κ2) is 12.8. The van der Waals surface area contributed by atoms with Crippen LogP contribution in [0.3, 0.4) is 0 Å². The fourth-order valence-electron chi connectivity index (χ4n) is 3.86. The molecule has 0 spiro atoms. The Morgan fingerprint density at radius 3 is 2.83 bits per heavy atom. The highest BCUT2D eigenvalue weighted by Crippen LogP contribution is 2.36. The van der Waals surface area contributed by atoms with Gasteiger partial charge in [0, 0.05) is 48.6 Å². The Morgan fingerprint density at radius 1 is 1.31 bits per heavy atom. The molecular formula is C25H35N5O6. The highest BCUT2D eigenvalue weighted by atomic mass is 16.6. The van der Waals surface area contributed by atoms with E-state index in [1.54, 1.807) is 12.1 Å². The number of carbonyl (C=O) groups is 2. The molecule has 36 heavy (non-hydrogen) atoms. The first-order valence-electron chi connectivity index (χ1n) is 12.2. The molecule has 0 saturated heterocycles. The molecule has 1 fully saturated rings. The molecule has 2 aromatic rings. The number of amides is 2. The number of nitrogens with one attached hydrogen (secondary N) is 3. The number of aromatic amines is 1. The number of rotatable bonds is 11. The number of aliphatic imine (C=N–C) groups is 1. The molecule has 0 aliphatic heterocycles. The first kappa shape index (κ1) is 26.8. The van der Waals surface area contributed by atoms with Crippen LogP contribution in [0.25, 0.3) is 0 Å². The molecule has 1 aliphatic rings. The number of alkyl carbamates (subject to hydrolysis) is 1. The van der Waals surface area contributed by atoms with E-state index in [1.165, 1.54) is 19.4 Å². The molecule has 1 aromatic carbocycles. The Kier molecular flexibility index (Phi) is 9.54. The Bertz CT molecular complexity index is 1070. The van der Waals surface area contributed by atoms with Gasteiger partial charge in [0.2, 0.25) is 0 Å². The highest BCUT2D eigenvalue weighted by molar-refractivity contribution is 5.92. The van der Waals surface area contributed by atoms with E-state index in [2.05, 4.69) is 25.8 Å². The van der Waals surface area contributed by atoms with E-state index in [0.29, 0.717) is 30.1 Å². The fourth-order valence-corrected chi connectivity index (χ4v) is 3.86. The predicted octanol–water partition coefficient (Wildman–Crippen LogP) is 3.74. The number of aromatic hydroxyl groups is 1. The summed E-state index contributed by atoms with van der Waals surface area (Å²) in [5.74, 6) is 0.720. The quantitative estimate of drug-likeness (QED) is 0.343. The molecule has 11 nitrogen and oxygen atoms in total. The minimum Gasteiger partial charge on any atom is -0.507 e. The lowest BCUT2D eigenvalue weighted by atomic mass is 10.0. The van der Waals surface area contributed by atoms with E-state index in [1.807, 2.05) is 20.8 Å². The zero-order valence-corrected chi connectivity index (χ0v) is 21.2. The summed E-state index contributed by atoms with van der Waals surface area (Å²) < 4.78 is 16.3. The predicted molar refractivity (Wildman–Crippen MR) is 135 cm³/mol. The van der Waals surface area contributed by atoms with Crippen molar-refractivity contribution in [3.8, 4) is 17.2 Å². The summed E-state index contributed by atoms with van der Waals surface area (Å²) in [6.45, 7) is 6.09. The Labute approximate surface area is 210 Å². The summed E-state index contributed by atoms with van der Waals surface area (Å²) in [5.41, 5.74) is 1.23. The van der Waals surface area contributed by atoms with Gasteiger partial charge in [-0.2, -0.15) is 5.10 Å². The van der Waals surface area contributed by atoms with Gasteiger partial charge < -0.3 is 30.0 Å². The highest BCUT2D eigenvalue weighted by Gasteiger charge is 2.30. The van der Waals surface area contributed by atoms with Gasteiger partial charge in [0.05, 0.1) is 12.7 Å². The second-order valence-corrected chi connectivity index (χ2v) is 8.94. The van der Waals surface area contributed by atoms with Crippen molar-refractivity contribution in [2.75, 3.05) is 25.6 Å². The smallest absolute Gasteiger partial charge is 0.407 e. The van der Waals surface area contributed by atoms with Crippen molar-refractivity contribution in [2.24, 2.45) is 4.99 Å². The normalized spacial score (nSPS) is 17.4. The Hall–Kier alpha value is -3.76. The van der Waals surface area contributed by atoms with Crippen molar-refractivity contribution in [3.05, 3.63) is 29.5 Å². The van der Waals surface area contributed by atoms with Gasteiger partial charge in [-0.05, 0) is 39.5 Å². The van der Waals surface area contributed by atoms with Gasteiger partial charge in [0.15, 0.2) is 12.4 Å². The maximum Gasteiger partial charge on any atom is 0.407 e. The minimum absolute atomic E-state index is 0.0245. The molecular weight excluding hydrogens is 466 g/mol. The first-order chi connectivity index (χ1) is 17.3. The van der Waals surface area contributed by atoms with Crippen molar-refractivity contribution < 1.29 is 28.9 Å². The number of anilines is 1. The Balaban J connectivity index is 1.55. The Morgan fingerprint density at radius 2 is 2.11 bits per heavy atom. The lowest BCUT2D eigenvalue weighted by Crippen LogP contribution is -2.28. The van der Waals surface area contributed by atoms with Crippen LogP contribution < -0.4 is 20.1 Å². The molecule has 1 aromatic heterocycles. The van der Waals surface area contributed by atoms with Crippen LogP contribution in [0.1, 0.15) is 63.6 Å². The van der Waals surface area contributed by atoms with Crippen molar-refractivity contribution in [3.63, 3.8) is 0 Å². The number of hydrogen-bond donors (Lipinski definition) is 4. The van der Waals surface area contributed by atoms with Gasteiger partial charge in [-0.15, -0.1) is 0 Å². The van der Waals surface area contributed by atoms with E-state index < -0.39 is 5.91 Å². The van der Waals surface area contributed by atoms with Crippen LogP contribution in [-0.4, -0.2) is 65.9 Å². The first-order valence-corrected chi connectivity index (χ1v) is 12.2. The zero-order chi connectivity index (χ0) is 26.1. The molecule has 1 unspecified atom stereocenters. The number of benzene rings is 1.